The average molecular weight is 219 g/mol. The van der Waals surface area contributed by atoms with Gasteiger partial charge in [0.2, 0.25) is 0 Å². The zero-order valence-corrected chi connectivity index (χ0v) is 10.2. The molecule has 0 aliphatic carbocycles. The minimum Gasteiger partial charge on any atom is -0.385 e. The molecule has 2 heteroatoms. The van der Waals surface area contributed by atoms with Gasteiger partial charge in [-0.3, -0.25) is 0 Å². The molecular formula is C14H21NO. The van der Waals surface area contributed by atoms with Gasteiger partial charge in [0, 0.05) is 25.4 Å². The van der Waals surface area contributed by atoms with E-state index in [1.165, 1.54) is 24.1 Å². The first-order chi connectivity index (χ1) is 7.81. The van der Waals surface area contributed by atoms with E-state index in [9.17, 15) is 0 Å². The Morgan fingerprint density at radius 3 is 3.00 bits per heavy atom. The van der Waals surface area contributed by atoms with E-state index in [0.717, 1.165) is 13.0 Å². The summed E-state index contributed by atoms with van der Waals surface area (Å²) in [6.07, 6.45) is 3.53. The first kappa shape index (κ1) is 11.5. The number of fused-ring (bicyclic) bond motifs is 1. The second-order valence-electron chi connectivity index (χ2n) is 4.72. The Morgan fingerprint density at radius 1 is 1.38 bits per heavy atom. The maximum atomic E-state index is 5.11. The summed E-state index contributed by atoms with van der Waals surface area (Å²) in [5, 5.41) is 3.65. The van der Waals surface area contributed by atoms with Gasteiger partial charge < -0.3 is 10.1 Å². The highest BCUT2D eigenvalue weighted by Gasteiger charge is 2.23. The molecule has 1 aromatic rings. The summed E-state index contributed by atoms with van der Waals surface area (Å²) >= 11 is 0. The fraction of sp³-hybridized carbons (Fsp3) is 0.571. The lowest BCUT2D eigenvalue weighted by atomic mass is 9.86. The number of rotatable bonds is 4. The van der Waals surface area contributed by atoms with E-state index in [2.05, 4.69) is 36.5 Å². The summed E-state index contributed by atoms with van der Waals surface area (Å²) in [7, 11) is 1.77. The Hall–Kier alpha value is -1.02. The monoisotopic (exact) mass is 219 g/mol. The van der Waals surface area contributed by atoms with Crippen LogP contribution in [0.4, 0.5) is 5.69 Å². The zero-order valence-electron chi connectivity index (χ0n) is 10.2. The lowest BCUT2D eigenvalue weighted by Gasteiger charge is -2.32. The number of para-hydroxylation sites is 1. The number of methoxy groups -OCH3 is 1. The Morgan fingerprint density at radius 2 is 2.19 bits per heavy atom. The molecule has 88 valence electrons. The van der Waals surface area contributed by atoms with Gasteiger partial charge in [-0.15, -0.1) is 0 Å². The van der Waals surface area contributed by atoms with Gasteiger partial charge >= 0.3 is 0 Å². The molecule has 1 aromatic carbocycles. The van der Waals surface area contributed by atoms with Crippen LogP contribution in [0.3, 0.4) is 0 Å². The third kappa shape index (κ3) is 2.56. The molecule has 2 atom stereocenters. The molecule has 2 unspecified atom stereocenters. The minimum absolute atomic E-state index is 0.602. The predicted octanol–water partition coefficient (Wildman–Crippen LogP) is 3.09. The van der Waals surface area contributed by atoms with Gasteiger partial charge in [0.05, 0.1) is 0 Å². The van der Waals surface area contributed by atoms with Gasteiger partial charge in [0.1, 0.15) is 0 Å². The highest BCUT2D eigenvalue weighted by atomic mass is 16.5. The molecule has 0 bridgehead atoms. The van der Waals surface area contributed by atoms with Gasteiger partial charge in [-0.1, -0.05) is 25.1 Å². The number of hydrogen-bond acceptors (Lipinski definition) is 2. The van der Waals surface area contributed by atoms with Crippen molar-refractivity contribution in [2.24, 2.45) is 5.92 Å². The molecule has 0 spiro atoms. The molecular weight excluding hydrogens is 198 g/mol. The van der Waals surface area contributed by atoms with Crippen LogP contribution in [-0.2, 0) is 11.2 Å². The third-order valence-electron chi connectivity index (χ3n) is 3.45. The van der Waals surface area contributed by atoms with Crippen LogP contribution >= 0.6 is 0 Å². The number of anilines is 1. The summed E-state index contributed by atoms with van der Waals surface area (Å²) in [5.74, 6) is 0.715. The Kier molecular flexibility index (Phi) is 3.83. The lowest BCUT2D eigenvalue weighted by molar-refractivity contribution is 0.188. The molecule has 2 rings (SSSR count). The second kappa shape index (κ2) is 5.35. The van der Waals surface area contributed by atoms with Crippen molar-refractivity contribution in [3.8, 4) is 0 Å². The Balaban J connectivity index is 1.98. The highest BCUT2D eigenvalue weighted by Crippen LogP contribution is 2.29. The van der Waals surface area contributed by atoms with E-state index >= 15 is 0 Å². The molecule has 0 radical (unpaired) electrons. The van der Waals surface area contributed by atoms with E-state index in [1.807, 2.05) is 0 Å². The van der Waals surface area contributed by atoms with Crippen LogP contribution < -0.4 is 5.32 Å². The van der Waals surface area contributed by atoms with Crippen LogP contribution in [0, 0.1) is 5.92 Å². The molecule has 1 aliphatic rings. The van der Waals surface area contributed by atoms with E-state index in [1.54, 1.807) is 7.11 Å². The first-order valence-corrected chi connectivity index (χ1v) is 6.14. The number of hydrogen-bond donors (Lipinski definition) is 1. The van der Waals surface area contributed by atoms with Gasteiger partial charge in [0.15, 0.2) is 0 Å². The first-order valence-electron chi connectivity index (χ1n) is 6.14. The van der Waals surface area contributed by atoms with E-state index in [0.29, 0.717) is 12.0 Å². The molecule has 0 fully saturated rings. The maximum Gasteiger partial charge on any atom is 0.0463 e. The van der Waals surface area contributed by atoms with Crippen molar-refractivity contribution in [2.45, 2.75) is 32.2 Å². The zero-order chi connectivity index (χ0) is 11.4. The molecule has 0 saturated heterocycles. The fourth-order valence-electron chi connectivity index (χ4n) is 2.47. The summed E-state index contributed by atoms with van der Waals surface area (Å²) in [6.45, 7) is 3.20. The number of benzene rings is 1. The fourth-order valence-corrected chi connectivity index (χ4v) is 2.47. The summed E-state index contributed by atoms with van der Waals surface area (Å²) in [5.41, 5.74) is 2.78. The van der Waals surface area contributed by atoms with Crippen molar-refractivity contribution < 1.29 is 4.74 Å². The van der Waals surface area contributed by atoms with E-state index in [-0.39, 0.29) is 0 Å². The molecule has 1 N–H and O–H groups in total. The van der Waals surface area contributed by atoms with Crippen LogP contribution in [0.1, 0.15) is 25.3 Å². The van der Waals surface area contributed by atoms with Crippen molar-refractivity contribution in [1.29, 1.82) is 0 Å². The molecule has 1 heterocycles. The van der Waals surface area contributed by atoms with Crippen molar-refractivity contribution >= 4 is 5.69 Å². The van der Waals surface area contributed by atoms with Crippen LogP contribution in [0.25, 0.3) is 0 Å². The van der Waals surface area contributed by atoms with Crippen LogP contribution in [0.2, 0.25) is 0 Å². The molecule has 16 heavy (non-hydrogen) atoms. The average Bonchev–Trinajstić information content (AvgIpc) is 2.30. The topological polar surface area (TPSA) is 21.3 Å². The Bertz CT molecular complexity index is 337. The summed E-state index contributed by atoms with van der Waals surface area (Å²) in [4.78, 5) is 0. The van der Waals surface area contributed by atoms with Crippen molar-refractivity contribution in [2.75, 3.05) is 19.0 Å². The maximum absolute atomic E-state index is 5.11. The third-order valence-corrected chi connectivity index (χ3v) is 3.45. The largest absolute Gasteiger partial charge is 0.385 e. The van der Waals surface area contributed by atoms with Crippen LogP contribution in [0.15, 0.2) is 24.3 Å². The normalized spacial score (nSPS) is 23.6. The smallest absolute Gasteiger partial charge is 0.0463 e. The van der Waals surface area contributed by atoms with Gasteiger partial charge in [-0.25, -0.2) is 0 Å². The Labute approximate surface area is 98.0 Å². The van der Waals surface area contributed by atoms with E-state index in [4.69, 9.17) is 4.74 Å². The molecule has 0 amide bonds. The summed E-state index contributed by atoms with van der Waals surface area (Å²) in [6, 6.07) is 9.24. The molecule has 2 nitrogen and oxygen atoms in total. The number of ether oxygens (including phenoxy) is 1. The number of nitrogens with one attached hydrogen (secondary N) is 1. The second-order valence-corrected chi connectivity index (χ2v) is 4.72. The standard InChI is InChI=1S/C14H21NO/c1-11-10-12-6-3-4-7-14(12)15-13(11)8-5-9-16-2/h3-4,6-7,11,13,15H,5,8-10H2,1-2H3. The van der Waals surface area contributed by atoms with Crippen LogP contribution in [0.5, 0.6) is 0 Å². The van der Waals surface area contributed by atoms with Gasteiger partial charge in [0.25, 0.3) is 0 Å². The molecule has 1 aliphatic heterocycles. The van der Waals surface area contributed by atoms with E-state index < -0.39 is 0 Å². The van der Waals surface area contributed by atoms with Crippen molar-refractivity contribution in [1.82, 2.24) is 0 Å². The molecule has 0 aromatic heterocycles. The SMILES string of the molecule is COCCCC1Nc2ccccc2CC1C. The van der Waals surface area contributed by atoms with Crippen LogP contribution in [-0.4, -0.2) is 19.8 Å². The molecule has 0 saturated carbocycles. The summed E-state index contributed by atoms with van der Waals surface area (Å²) < 4.78 is 5.11. The van der Waals surface area contributed by atoms with Gasteiger partial charge in [-0.05, 0) is 36.8 Å². The van der Waals surface area contributed by atoms with Crippen molar-refractivity contribution in [3.63, 3.8) is 0 Å². The van der Waals surface area contributed by atoms with Crippen molar-refractivity contribution in [3.05, 3.63) is 29.8 Å². The minimum atomic E-state index is 0.602. The lowest BCUT2D eigenvalue weighted by Crippen LogP contribution is -2.33. The quantitative estimate of drug-likeness (QED) is 0.786. The predicted molar refractivity (Wildman–Crippen MR) is 67.8 cm³/mol. The van der Waals surface area contributed by atoms with Gasteiger partial charge in [-0.2, -0.15) is 0 Å². The highest BCUT2D eigenvalue weighted by molar-refractivity contribution is 5.54.